The normalized spacial score (nSPS) is 13.6. The van der Waals surface area contributed by atoms with E-state index in [9.17, 15) is 4.79 Å². The van der Waals surface area contributed by atoms with Crippen LogP contribution < -0.4 is 0 Å². The molecule has 0 aliphatic heterocycles. The van der Waals surface area contributed by atoms with Crippen LogP contribution in [0.25, 0.3) is 5.57 Å². The molecule has 0 fully saturated rings. The van der Waals surface area contributed by atoms with Crippen molar-refractivity contribution in [3.05, 3.63) is 53.2 Å². The number of Topliss-reactive ketones (excluding diaryl/α,β-unsaturated/α-hetero) is 1. The molecule has 132 valence electrons. The second kappa shape index (κ2) is 8.86. The Balaban J connectivity index is 0.000000413. The van der Waals surface area contributed by atoms with Gasteiger partial charge in [-0.25, -0.2) is 0 Å². The molecule has 1 aliphatic rings. The number of carbonyl (C=O) groups is 1. The quantitative estimate of drug-likeness (QED) is 0.718. The molecule has 0 unspecified atom stereocenters. The molecule has 2 nitrogen and oxygen atoms in total. The van der Waals surface area contributed by atoms with Crippen LogP contribution in [-0.2, 0) is 10.2 Å². The van der Waals surface area contributed by atoms with E-state index in [0.717, 1.165) is 6.42 Å². The number of benzene rings is 1. The molecule has 0 radical (unpaired) electrons. The van der Waals surface area contributed by atoms with Crippen molar-refractivity contribution in [2.45, 2.75) is 59.3 Å². The molecule has 2 heteroatoms. The van der Waals surface area contributed by atoms with E-state index in [1.54, 1.807) is 0 Å². The molecular weight excluding hydrogens is 294 g/mol. The molecule has 1 aliphatic carbocycles. The summed E-state index contributed by atoms with van der Waals surface area (Å²) in [6.45, 7) is 10.5. The van der Waals surface area contributed by atoms with Gasteiger partial charge in [-0.2, -0.15) is 0 Å². The summed E-state index contributed by atoms with van der Waals surface area (Å²) >= 11 is 0. The van der Waals surface area contributed by atoms with Crippen LogP contribution in [0.4, 0.5) is 0 Å². The Labute approximate surface area is 148 Å². The van der Waals surface area contributed by atoms with Crippen LogP contribution in [0.1, 0.15) is 65.0 Å². The summed E-state index contributed by atoms with van der Waals surface area (Å²) in [5.41, 5.74) is 5.73. The first-order chi connectivity index (χ1) is 11.2. The Hall–Kier alpha value is -1.83. The highest BCUT2D eigenvalue weighted by Crippen LogP contribution is 2.31. The van der Waals surface area contributed by atoms with Gasteiger partial charge in [0, 0.05) is 32.6 Å². The Kier molecular flexibility index (Phi) is 7.47. The maximum absolute atomic E-state index is 10.2. The van der Waals surface area contributed by atoms with Crippen LogP contribution in [0, 0.1) is 0 Å². The Morgan fingerprint density at radius 1 is 1.04 bits per heavy atom. The molecule has 2 rings (SSSR count). The van der Waals surface area contributed by atoms with Gasteiger partial charge in [0.05, 0.1) is 0 Å². The maximum Gasteiger partial charge on any atom is 0.132 e. The Bertz CT molecular complexity index is 592. The van der Waals surface area contributed by atoms with Gasteiger partial charge in [-0.3, -0.25) is 4.79 Å². The third-order valence-corrected chi connectivity index (χ3v) is 4.28. The van der Waals surface area contributed by atoms with Gasteiger partial charge >= 0.3 is 0 Å². The van der Waals surface area contributed by atoms with Gasteiger partial charge in [0.15, 0.2) is 0 Å². The van der Waals surface area contributed by atoms with Crippen molar-refractivity contribution in [2.24, 2.45) is 0 Å². The van der Waals surface area contributed by atoms with E-state index in [4.69, 9.17) is 0 Å². The Morgan fingerprint density at radius 2 is 1.58 bits per heavy atom. The van der Waals surface area contributed by atoms with E-state index in [1.807, 2.05) is 13.8 Å². The lowest BCUT2D eigenvalue weighted by Gasteiger charge is -2.20. The van der Waals surface area contributed by atoms with Crippen LogP contribution in [0.2, 0.25) is 0 Å². The third kappa shape index (κ3) is 5.67. The highest BCUT2D eigenvalue weighted by molar-refractivity contribution is 5.77. The second-order valence-corrected chi connectivity index (χ2v) is 7.44. The molecule has 0 aromatic heterocycles. The zero-order valence-corrected chi connectivity index (χ0v) is 16.4. The first-order valence-electron chi connectivity index (χ1n) is 8.90. The highest BCUT2D eigenvalue weighted by atomic mass is 16.1. The van der Waals surface area contributed by atoms with Crippen LogP contribution in [0.5, 0.6) is 0 Å². The molecule has 0 saturated carbocycles. The number of likely N-dealkylation sites (N-methyl/N-ethyl adjacent to an activating group) is 1. The number of hydrogen-bond donors (Lipinski definition) is 0. The standard InChI is InChI=1S/C17H23N.C5H10O/c1-17(2,3)14-11-9-13(10-12-14)15-7-6-8-16(15)18(4)5;1-3-5(6)4-2/h6,8-12H,7H2,1-5H3;3-4H2,1-2H3. The van der Waals surface area contributed by atoms with Crippen LogP contribution in [0.15, 0.2) is 42.1 Å². The van der Waals surface area contributed by atoms with Gasteiger partial charge in [-0.05, 0) is 34.6 Å². The minimum absolute atomic E-state index is 0.227. The third-order valence-electron chi connectivity index (χ3n) is 4.28. The van der Waals surface area contributed by atoms with Crippen molar-refractivity contribution in [1.29, 1.82) is 0 Å². The van der Waals surface area contributed by atoms with Crippen LogP contribution in [0.3, 0.4) is 0 Å². The van der Waals surface area contributed by atoms with Crippen molar-refractivity contribution < 1.29 is 4.79 Å². The van der Waals surface area contributed by atoms with Crippen molar-refractivity contribution in [3.63, 3.8) is 0 Å². The number of carbonyl (C=O) groups excluding carboxylic acids is 1. The summed E-state index contributed by atoms with van der Waals surface area (Å²) in [6.07, 6.45) is 6.88. The molecule has 0 heterocycles. The topological polar surface area (TPSA) is 20.3 Å². The van der Waals surface area contributed by atoms with Crippen molar-refractivity contribution in [2.75, 3.05) is 14.1 Å². The predicted octanol–water partition coefficient (Wildman–Crippen LogP) is 5.59. The first kappa shape index (κ1) is 20.2. The maximum atomic E-state index is 10.2. The smallest absolute Gasteiger partial charge is 0.132 e. The molecule has 0 spiro atoms. The average Bonchev–Trinajstić information content (AvgIpc) is 3.04. The van der Waals surface area contributed by atoms with E-state index in [2.05, 4.69) is 76.2 Å². The van der Waals surface area contributed by atoms with Crippen LogP contribution >= 0.6 is 0 Å². The number of nitrogens with zero attached hydrogens (tertiary/aromatic N) is 1. The van der Waals surface area contributed by atoms with Gasteiger partial charge < -0.3 is 4.90 Å². The van der Waals surface area contributed by atoms with E-state index in [0.29, 0.717) is 18.6 Å². The fourth-order valence-corrected chi connectivity index (χ4v) is 2.60. The summed E-state index contributed by atoms with van der Waals surface area (Å²) in [4.78, 5) is 12.4. The van der Waals surface area contributed by atoms with Gasteiger partial charge in [0.2, 0.25) is 0 Å². The molecule has 0 bridgehead atoms. The number of hydrogen-bond acceptors (Lipinski definition) is 2. The number of allylic oxidation sites excluding steroid dienone is 3. The van der Waals surface area contributed by atoms with Crippen molar-refractivity contribution >= 4 is 11.4 Å². The molecule has 0 atom stereocenters. The largest absolute Gasteiger partial charge is 0.377 e. The molecule has 1 aromatic rings. The zero-order chi connectivity index (χ0) is 18.3. The van der Waals surface area contributed by atoms with E-state index in [1.165, 1.54) is 22.4 Å². The summed E-state index contributed by atoms with van der Waals surface area (Å²) < 4.78 is 0. The SMILES string of the molecule is CCC(=O)CC.CN(C)C1=C(c2ccc(C(C)(C)C)cc2)CC=C1. The lowest BCUT2D eigenvalue weighted by atomic mass is 9.86. The van der Waals surface area contributed by atoms with Gasteiger partial charge in [-0.1, -0.05) is 65.0 Å². The van der Waals surface area contributed by atoms with E-state index in [-0.39, 0.29) is 5.41 Å². The summed E-state index contributed by atoms with van der Waals surface area (Å²) in [7, 11) is 4.21. The molecule has 0 saturated heterocycles. The summed E-state index contributed by atoms with van der Waals surface area (Å²) in [5.74, 6) is 0.343. The minimum atomic E-state index is 0.227. The average molecular weight is 328 g/mol. The zero-order valence-electron chi connectivity index (χ0n) is 16.4. The van der Waals surface area contributed by atoms with Gasteiger partial charge in [0.1, 0.15) is 5.78 Å². The number of ketones is 1. The fraction of sp³-hybridized carbons (Fsp3) is 0.500. The lowest BCUT2D eigenvalue weighted by molar-refractivity contribution is -0.118. The van der Waals surface area contributed by atoms with Gasteiger partial charge in [0.25, 0.3) is 0 Å². The summed E-state index contributed by atoms with van der Waals surface area (Å²) in [5, 5.41) is 0. The molecular formula is C22H33NO. The molecule has 1 aromatic carbocycles. The van der Waals surface area contributed by atoms with Crippen molar-refractivity contribution in [1.82, 2.24) is 4.90 Å². The van der Waals surface area contributed by atoms with E-state index < -0.39 is 0 Å². The Morgan fingerprint density at radius 3 is 1.96 bits per heavy atom. The second-order valence-electron chi connectivity index (χ2n) is 7.44. The highest BCUT2D eigenvalue weighted by Gasteiger charge is 2.16. The monoisotopic (exact) mass is 327 g/mol. The number of rotatable bonds is 4. The lowest BCUT2D eigenvalue weighted by Crippen LogP contribution is -2.11. The van der Waals surface area contributed by atoms with E-state index >= 15 is 0 Å². The van der Waals surface area contributed by atoms with Gasteiger partial charge in [-0.15, -0.1) is 0 Å². The minimum Gasteiger partial charge on any atom is -0.377 e. The molecule has 24 heavy (non-hydrogen) atoms. The predicted molar refractivity (Wildman–Crippen MR) is 105 cm³/mol. The van der Waals surface area contributed by atoms with Crippen LogP contribution in [-0.4, -0.2) is 24.8 Å². The fourth-order valence-electron chi connectivity index (χ4n) is 2.60. The first-order valence-corrected chi connectivity index (χ1v) is 8.90. The summed E-state index contributed by atoms with van der Waals surface area (Å²) in [6, 6.07) is 9.03. The molecule has 0 N–H and O–H groups in total. The molecule has 0 amide bonds. The van der Waals surface area contributed by atoms with Crippen molar-refractivity contribution in [3.8, 4) is 0 Å².